The molecule has 2 aliphatic rings. The van der Waals surface area contributed by atoms with Crippen LogP contribution in [0.2, 0.25) is 0 Å². The fourth-order valence-electron chi connectivity index (χ4n) is 4.57. The molecule has 24 heavy (non-hydrogen) atoms. The Bertz CT molecular complexity index is 696. The number of benzene rings is 1. The summed E-state index contributed by atoms with van der Waals surface area (Å²) in [6.45, 7) is 0.607. The summed E-state index contributed by atoms with van der Waals surface area (Å²) < 4.78 is 1.19. The van der Waals surface area contributed by atoms with Crippen molar-refractivity contribution in [3.05, 3.63) is 29.3 Å². The van der Waals surface area contributed by atoms with Gasteiger partial charge in [0, 0.05) is 19.0 Å². The quantitative estimate of drug-likeness (QED) is 0.929. The number of hydrogen-bond acceptors (Lipinski definition) is 4. The second-order valence-electron chi connectivity index (χ2n) is 7.47. The Morgan fingerprint density at radius 2 is 2.00 bits per heavy atom. The van der Waals surface area contributed by atoms with Gasteiger partial charge in [0.05, 0.1) is 16.8 Å². The van der Waals surface area contributed by atoms with Gasteiger partial charge in [-0.05, 0) is 49.7 Å². The van der Waals surface area contributed by atoms with Gasteiger partial charge >= 0.3 is 0 Å². The van der Waals surface area contributed by atoms with Gasteiger partial charge in [-0.2, -0.15) is 0 Å². The van der Waals surface area contributed by atoms with Crippen molar-refractivity contribution in [3.8, 4) is 0 Å². The molecule has 2 unspecified atom stereocenters. The Labute approximate surface area is 147 Å². The first-order valence-corrected chi connectivity index (χ1v) is 9.78. The lowest BCUT2D eigenvalue weighted by molar-refractivity contribution is -0.137. The third-order valence-corrected chi connectivity index (χ3v) is 6.87. The molecule has 2 N–H and O–H groups in total. The zero-order chi connectivity index (χ0) is 16.7. The van der Waals surface area contributed by atoms with E-state index in [1.165, 1.54) is 24.0 Å². The van der Waals surface area contributed by atoms with Crippen molar-refractivity contribution in [2.24, 2.45) is 23.5 Å². The van der Waals surface area contributed by atoms with E-state index in [4.69, 9.17) is 5.73 Å². The van der Waals surface area contributed by atoms with Crippen LogP contribution in [0.4, 0.5) is 0 Å². The van der Waals surface area contributed by atoms with Crippen LogP contribution in [0.3, 0.4) is 0 Å². The van der Waals surface area contributed by atoms with Gasteiger partial charge in [-0.1, -0.05) is 18.6 Å². The van der Waals surface area contributed by atoms with Crippen LogP contribution in [0.5, 0.6) is 0 Å². The number of nitrogens with two attached hydrogens (primary N) is 1. The summed E-state index contributed by atoms with van der Waals surface area (Å²) in [5.74, 6) is 1.52. The number of amides is 1. The van der Waals surface area contributed by atoms with Gasteiger partial charge < -0.3 is 10.6 Å². The molecule has 2 saturated carbocycles. The van der Waals surface area contributed by atoms with Crippen molar-refractivity contribution in [1.82, 2.24) is 9.88 Å². The van der Waals surface area contributed by atoms with Crippen LogP contribution in [0.1, 0.15) is 37.1 Å². The molecule has 2 aliphatic carbocycles. The van der Waals surface area contributed by atoms with E-state index in [9.17, 15) is 4.79 Å². The van der Waals surface area contributed by atoms with Crippen LogP contribution in [-0.2, 0) is 11.3 Å². The molecule has 1 aromatic carbocycles. The first-order valence-electron chi connectivity index (χ1n) is 8.97. The van der Waals surface area contributed by atoms with E-state index in [1.54, 1.807) is 11.3 Å². The molecule has 128 valence electrons. The highest BCUT2D eigenvalue weighted by Gasteiger charge is 2.41. The van der Waals surface area contributed by atoms with Crippen molar-refractivity contribution < 1.29 is 4.79 Å². The van der Waals surface area contributed by atoms with E-state index in [0.29, 0.717) is 24.4 Å². The van der Waals surface area contributed by atoms with E-state index < -0.39 is 0 Å². The summed E-state index contributed by atoms with van der Waals surface area (Å²) in [7, 11) is 1.92. The second kappa shape index (κ2) is 6.45. The zero-order valence-corrected chi connectivity index (χ0v) is 15.0. The Hall–Kier alpha value is -1.46. The van der Waals surface area contributed by atoms with Gasteiger partial charge in [-0.25, -0.2) is 4.98 Å². The normalized spacial score (nSPS) is 29.6. The number of fused-ring (bicyclic) bond motifs is 3. The number of carbonyl (C=O) groups excluding carboxylic acids is 1. The number of hydrogen-bond donors (Lipinski definition) is 1. The van der Waals surface area contributed by atoms with E-state index in [0.717, 1.165) is 23.4 Å². The first kappa shape index (κ1) is 16.0. The van der Waals surface area contributed by atoms with Crippen molar-refractivity contribution in [1.29, 1.82) is 0 Å². The SMILES string of the molecule is CN(Cc1nc2ccccc2s1)C(=O)C1CC2CCCC(C1)C2N. The summed E-state index contributed by atoms with van der Waals surface area (Å²) in [5.41, 5.74) is 7.38. The Morgan fingerprint density at radius 3 is 2.71 bits per heavy atom. The monoisotopic (exact) mass is 343 g/mol. The van der Waals surface area contributed by atoms with E-state index >= 15 is 0 Å². The lowest BCUT2D eigenvalue weighted by Crippen LogP contribution is -2.49. The van der Waals surface area contributed by atoms with Gasteiger partial charge in [-0.15, -0.1) is 11.3 Å². The molecule has 1 amide bonds. The molecule has 2 aromatic rings. The fraction of sp³-hybridized carbons (Fsp3) is 0.579. The van der Waals surface area contributed by atoms with E-state index in [1.807, 2.05) is 30.1 Å². The van der Waals surface area contributed by atoms with Crippen LogP contribution in [0.15, 0.2) is 24.3 Å². The minimum absolute atomic E-state index is 0.152. The van der Waals surface area contributed by atoms with Gasteiger partial charge in [0.1, 0.15) is 5.01 Å². The zero-order valence-electron chi connectivity index (χ0n) is 14.1. The third kappa shape index (κ3) is 2.95. The molecule has 0 saturated heterocycles. The summed E-state index contributed by atoms with van der Waals surface area (Å²) in [5, 5.41) is 1.01. The van der Waals surface area contributed by atoms with Gasteiger partial charge in [0.2, 0.25) is 5.91 Å². The van der Waals surface area contributed by atoms with Gasteiger partial charge in [-0.3, -0.25) is 4.79 Å². The second-order valence-corrected chi connectivity index (χ2v) is 8.58. The van der Waals surface area contributed by atoms with Gasteiger partial charge in [0.25, 0.3) is 0 Å². The summed E-state index contributed by atoms with van der Waals surface area (Å²) in [6, 6.07) is 8.47. The lowest BCUT2D eigenvalue weighted by atomic mass is 9.65. The fourth-order valence-corrected chi connectivity index (χ4v) is 5.59. The van der Waals surface area contributed by atoms with Crippen LogP contribution in [0.25, 0.3) is 10.2 Å². The highest BCUT2D eigenvalue weighted by molar-refractivity contribution is 7.18. The summed E-state index contributed by atoms with van der Waals surface area (Å²) in [4.78, 5) is 19.4. The molecule has 2 bridgehead atoms. The van der Waals surface area contributed by atoms with Crippen molar-refractivity contribution in [3.63, 3.8) is 0 Å². The largest absolute Gasteiger partial charge is 0.339 e. The Balaban J connectivity index is 1.44. The maximum Gasteiger partial charge on any atom is 0.225 e. The predicted octanol–water partition coefficient (Wildman–Crippen LogP) is 3.41. The molecule has 5 heteroatoms. The van der Waals surface area contributed by atoms with E-state index in [-0.39, 0.29) is 11.8 Å². The molecular formula is C19H25N3OS. The highest BCUT2D eigenvalue weighted by atomic mass is 32.1. The molecule has 2 fully saturated rings. The molecule has 0 spiro atoms. The average molecular weight is 343 g/mol. The standard InChI is InChI=1S/C19H25N3OS/c1-22(11-17-21-15-7-2-3-8-16(15)24-17)19(23)14-9-12-5-4-6-13(10-14)18(12)20/h2-3,7-8,12-14,18H,4-6,9-11,20H2,1H3. The number of rotatable bonds is 3. The molecule has 4 nitrogen and oxygen atoms in total. The Kier molecular flexibility index (Phi) is 4.31. The number of aromatic nitrogens is 1. The minimum Gasteiger partial charge on any atom is -0.339 e. The minimum atomic E-state index is 0.152. The summed E-state index contributed by atoms with van der Waals surface area (Å²) >= 11 is 1.68. The number of thiazole rings is 1. The van der Waals surface area contributed by atoms with Crippen molar-refractivity contribution in [2.75, 3.05) is 7.05 Å². The third-order valence-electron chi connectivity index (χ3n) is 5.85. The van der Waals surface area contributed by atoms with Crippen molar-refractivity contribution in [2.45, 2.75) is 44.7 Å². The molecule has 0 radical (unpaired) electrons. The molecule has 1 heterocycles. The molecule has 4 rings (SSSR count). The van der Waals surface area contributed by atoms with Crippen LogP contribution in [0, 0.1) is 17.8 Å². The van der Waals surface area contributed by atoms with Crippen LogP contribution >= 0.6 is 11.3 Å². The van der Waals surface area contributed by atoms with Crippen LogP contribution in [-0.4, -0.2) is 28.9 Å². The van der Waals surface area contributed by atoms with E-state index in [2.05, 4.69) is 11.1 Å². The first-order chi connectivity index (χ1) is 11.6. The van der Waals surface area contributed by atoms with Crippen molar-refractivity contribution >= 4 is 27.5 Å². The molecule has 1 aromatic heterocycles. The molecular weight excluding hydrogens is 318 g/mol. The lowest BCUT2D eigenvalue weighted by Gasteiger charge is -2.44. The predicted molar refractivity (Wildman–Crippen MR) is 97.6 cm³/mol. The Morgan fingerprint density at radius 1 is 1.29 bits per heavy atom. The smallest absolute Gasteiger partial charge is 0.225 e. The number of nitrogens with zero attached hydrogens (tertiary/aromatic N) is 2. The molecule has 2 atom stereocenters. The average Bonchev–Trinajstić information content (AvgIpc) is 2.96. The molecule has 0 aliphatic heterocycles. The van der Waals surface area contributed by atoms with Crippen LogP contribution < -0.4 is 5.73 Å². The number of carbonyl (C=O) groups is 1. The maximum absolute atomic E-state index is 12.9. The maximum atomic E-state index is 12.9. The highest BCUT2D eigenvalue weighted by Crippen LogP contribution is 2.42. The topological polar surface area (TPSA) is 59.2 Å². The summed E-state index contributed by atoms with van der Waals surface area (Å²) in [6.07, 6.45) is 5.62. The van der Waals surface area contributed by atoms with Gasteiger partial charge in [0.15, 0.2) is 0 Å². The number of para-hydroxylation sites is 1.